The van der Waals surface area contributed by atoms with E-state index in [2.05, 4.69) is 10.6 Å². The SMILES string of the molecule is O=C(Nc1cccc(SC2CC(=O)N(c3ccc(Oc4ccc(Cl)cc4)cc3)C2=O)c1)C(=Cc1ccc([N+](=O)[O-])cc1)NC(=O)c1ccccc1. The quantitative estimate of drug-likeness (QED) is 0.0607. The van der Waals surface area contributed by atoms with Crippen molar-refractivity contribution in [1.82, 2.24) is 5.32 Å². The van der Waals surface area contributed by atoms with Crippen LogP contribution in [0.5, 0.6) is 11.5 Å². The fourth-order valence-corrected chi connectivity index (χ4v) is 6.32. The number of carbonyl (C=O) groups is 4. The maximum absolute atomic E-state index is 13.5. The van der Waals surface area contributed by atoms with Crippen molar-refractivity contribution in [2.24, 2.45) is 0 Å². The molecule has 1 aliphatic heterocycles. The summed E-state index contributed by atoms with van der Waals surface area (Å²) in [7, 11) is 0. The Hall–Kier alpha value is -6.24. The van der Waals surface area contributed by atoms with Crippen LogP contribution in [-0.4, -0.2) is 33.8 Å². The Balaban J connectivity index is 1.14. The lowest BCUT2D eigenvalue weighted by molar-refractivity contribution is -0.384. The number of rotatable bonds is 11. The molecular weight excluding hydrogens is 692 g/mol. The summed E-state index contributed by atoms with van der Waals surface area (Å²) in [5.74, 6) is -0.784. The molecule has 4 amide bonds. The Bertz CT molecular complexity index is 2140. The van der Waals surface area contributed by atoms with Crippen molar-refractivity contribution in [3.8, 4) is 11.5 Å². The van der Waals surface area contributed by atoms with Crippen LogP contribution in [0.15, 0.2) is 138 Å². The highest BCUT2D eigenvalue weighted by Gasteiger charge is 2.40. The molecule has 51 heavy (non-hydrogen) atoms. The van der Waals surface area contributed by atoms with Gasteiger partial charge in [0.1, 0.15) is 17.2 Å². The number of hydrogen-bond acceptors (Lipinski definition) is 8. The van der Waals surface area contributed by atoms with E-state index in [1.807, 2.05) is 0 Å². The number of nitro groups is 1. The number of imide groups is 1. The molecule has 0 spiro atoms. The van der Waals surface area contributed by atoms with E-state index in [0.29, 0.717) is 43.9 Å². The lowest BCUT2D eigenvalue weighted by Gasteiger charge is -2.16. The summed E-state index contributed by atoms with van der Waals surface area (Å²) in [6, 6.07) is 34.1. The van der Waals surface area contributed by atoms with E-state index >= 15 is 0 Å². The van der Waals surface area contributed by atoms with E-state index in [-0.39, 0.29) is 29.6 Å². The predicted octanol–water partition coefficient (Wildman–Crippen LogP) is 7.87. The van der Waals surface area contributed by atoms with Gasteiger partial charge in [-0.15, -0.1) is 11.8 Å². The highest BCUT2D eigenvalue weighted by molar-refractivity contribution is 8.00. The minimum Gasteiger partial charge on any atom is -0.457 e. The summed E-state index contributed by atoms with van der Waals surface area (Å²) >= 11 is 7.13. The van der Waals surface area contributed by atoms with Crippen LogP contribution >= 0.6 is 23.4 Å². The molecule has 0 bridgehead atoms. The van der Waals surface area contributed by atoms with Crippen molar-refractivity contribution >= 4 is 70.1 Å². The number of amides is 4. The Morgan fingerprint density at radius 2 is 1.53 bits per heavy atom. The van der Waals surface area contributed by atoms with Crippen molar-refractivity contribution < 1.29 is 28.8 Å². The first kappa shape index (κ1) is 34.6. The molecule has 0 saturated carbocycles. The first-order valence-corrected chi connectivity index (χ1v) is 16.7. The van der Waals surface area contributed by atoms with Gasteiger partial charge in [-0.1, -0.05) is 35.9 Å². The van der Waals surface area contributed by atoms with Crippen molar-refractivity contribution in [2.75, 3.05) is 10.2 Å². The summed E-state index contributed by atoms with van der Waals surface area (Å²) in [5, 5.41) is 16.4. The molecule has 1 fully saturated rings. The van der Waals surface area contributed by atoms with E-state index in [1.54, 1.807) is 103 Å². The van der Waals surface area contributed by atoms with Gasteiger partial charge < -0.3 is 15.4 Å². The van der Waals surface area contributed by atoms with Crippen LogP contribution in [0.3, 0.4) is 0 Å². The van der Waals surface area contributed by atoms with Gasteiger partial charge in [-0.25, -0.2) is 4.90 Å². The molecule has 1 atom stereocenters. The topological polar surface area (TPSA) is 148 Å². The van der Waals surface area contributed by atoms with Gasteiger partial charge in [-0.3, -0.25) is 29.3 Å². The zero-order chi connectivity index (χ0) is 35.9. The lowest BCUT2D eigenvalue weighted by atomic mass is 10.1. The van der Waals surface area contributed by atoms with Crippen LogP contribution in [0.4, 0.5) is 17.1 Å². The fraction of sp³-hybridized carbons (Fsp3) is 0.0526. The third-order valence-corrected chi connectivity index (χ3v) is 8.99. The van der Waals surface area contributed by atoms with Gasteiger partial charge in [0, 0.05) is 39.7 Å². The van der Waals surface area contributed by atoms with E-state index in [9.17, 15) is 29.3 Å². The Labute approximate surface area is 301 Å². The maximum atomic E-state index is 13.5. The zero-order valence-electron chi connectivity index (χ0n) is 26.5. The number of halogens is 1. The standard InChI is InChI=1S/C38H27ClN4O7S/c39-26-11-17-30(18-12-26)50-31-19-15-28(16-20-31)42-35(44)23-34(38(42)47)51-32-8-4-7-27(22-32)40-37(46)33(41-36(45)25-5-2-1-3-6-25)21-24-9-13-29(14-10-24)43(48)49/h1-22,34H,23H2,(H,40,46)(H,41,45). The average molecular weight is 719 g/mol. The van der Waals surface area contributed by atoms with Crippen LogP contribution in [0.1, 0.15) is 22.3 Å². The summed E-state index contributed by atoms with van der Waals surface area (Å²) in [6.45, 7) is 0. The lowest BCUT2D eigenvalue weighted by Crippen LogP contribution is -2.31. The number of thioether (sulfide) groups is 1. The molecule has 0 radical (unpaired) electrons. The number of non-ortho nitro benzene ring substituents is 1. The zero-order valence-corrected chi connectivity index (χ0v) is 28.1. The Kier molecular flexibility index (Phi) is 10.5. The molecule has 254 valence electrons. The molecule has 6 rings (SSSR count). The largest absolute Gasteiger partial charge is 0.457 e. The fourth-order valence-electron chi connectivity index (χ4n) is 5.08. The minimum absolute atomic E-state index is 0.0171. The molecule has 2 N–H and O–H groups in total. The summed E-state index contributed by atoms with van der Waals surface area (Å²) in [5.41, 5.74) is 1.34. The highest BCUT2D eigenvalue weighted by atomic mass is 35.5. The molecule has 5 aromatic rings. The van der Waals surface area contributed by atoms with Crippen LogP contribution < -0.4 is 20.3 Å². The number of benzene rings is 5. The summed E-state index contributed by atoms with van der Waals surface area (Å²) in [4.78, 5) is 65.2. The molecule has 1 unspecified atom stereocenters. The molecule has 1 aliphatic rings. The monoisotopic (exact) mass is 718 g/mol. The molecule has 0 aromatic heterocycles. The van der Waals surface area contributed by atoms with Gasteiger partial charge in [0.15, 0.2) is 0 Å². The van der Waals surface area contributed by atoms with Gasteiger partial charge in [0.2, 0.25) is 11.8 Å². The average Bonchev–Trinajstić information content (AvgIpc) is 3.41. The predicted molar refractivity (Wildman–Crippen MR) is 195 cm³/mol. The molecular formula is C38H27ClN4O7S. The van der Waals surface area contributed by atoms with Crippen molar-refractivity contribution in [2.45, 2.75) is 16.6 Å². The second-order valence-corrected chi connectivity index (χ2v) is 12.8. The Morgan fingerprint density at radius 1 is 0.863 bits per heavy atom. The molecule has 5 aromatic carbocycles. The smallest absolute Gasteiger partial charge is 0.272 e. The van der Waals surface area contributed by atoms with Crippen molar-refractivity contribution in [3.63, 3.8) is 0 Å². The molecule has 13 heteroatoms. The second kappa shape index (κ2) is 15.5. The number of nitro benzene ring substituents is 1. The number of hydrogen-bond donors (Lipinski definition) is 2. The van der Waals surface area contributed by atoms with Crippen molar-refractivity contribution in [3.05, 3.63) is 159 Å². The molecule has 1 saturated heterocycles. The first-order valence-electron chi connectivity index (χ1n) is 15.4. The summed E-state index contributed by atoms with van der Waals surface area (Å²) in [6.07, 6.45) is 1.39. The highest BCUT2D eigenvalue weighted by Crippen LogP contribution is 2.36. The van der Waals surface area contributed by atoms with Crippen LogP contribution in [-0.2, 0) is 14.4 Å². The van der Waals surface area contributed by atoms with Gasteiger partial charge in [-0.05, 0) is 103 Å². The summed E-state index contributed by atoms with van der Waals surface area (Å²) < 4.78 is 5.81. The molecule has 11 nitrogen and oxygen atoms in total. The van der Waals surface area contributed by atoms with Crippen LogP contribution in [0.25, 0.3) is 6.08 Å². The molecule has 1 heterocycles. The van der Waals surface area contributed by atoms with Gasteiger partial charge in [0.05, 0.1) is 15.9 Å². The van der Waals surface area contributed by atoms with Crippen molar-refractivity contribution in [1.29, 1.82) is 0 Å². The van der Waals surface area contributed by atoms with Gasteiger partial charge in [0.25, 0.3) is 17.5 Å². The van der Waals surface area contributed by atoms with Gasteiger partial charge >= 0.3 is 0 Å². The second-order valence-electron chi connectivity index (χ2n) is 11.1. The number of ether oxygens (including phenoxy) is 1. The third kappa shape index (κ3) is 8.68. The normalized spacial score (nSPS) is 14.3. The van der Waals surface area contributed by atoms with E-state index in [0.717, 1.165) is 4.90 Å². The minimum atomic E-state index is -0.698. The number of anilines is 2. The number of nitrogens with one attached hydrogen (secondary N) is 2. The third-order valence-electron chi connectivity index (χ3n) is 7.56. The van der Waals surface area contributed by atoms with Crippen LogP contribution in [0.2, 0.25) is 5.02 Å². The van der Waals surface area contributed by atoms with E-state index in [4.69, 9.17) is 16.3 Å². The van der Waals surface area contributed by atoms with E-state index < -0.39 is 22.0 Å². The number of nitrogens with zero attached hydrogens (tertiary/aromatic N) is 2. The Morgan fingerprint density at radius 3 is 2.20 bits per heavy atom. The first-order chi connectivity index (χ1) is 24.6. The number of carbonyl (C=O) groups excluding carboxylic acids is 4. The van der Waals surface area contributed by atoms with E-state index in [1.165, 1.54) is 42.1 Å². The maximum Gasteiger partial charge on any atom is 0.272 e. The molecule has 0 aliphatic carbocycles. The van der Waals surface area contributed by atoms with Gasteiger partial charge in [-0.2, -0.15) is 0 Å². The van der Waals surface area contributed by atoms with Crippen LogP contribution in [0, 0.1) is 10.1 Å².